The average Bonchev–Trinajstić information content (AvgIpc) is 2.78. The number of carbonyl (C=O) groups is 1. The standard InChI is InChI=1S/C22H25FN2O2/c1-15(26)24-18-6-8-22(21(23)14-18)27-20-7-5-16-9-11-25(19-3-2-4-19)12-10-17(16)13-20/h5-8,13-14,19H,2-4,9-12H2,1H3,(H,24,26). The summed E-state index contributed by atoms with van der Waals surface area (Å²) >= 11 is 0. The second-order valence-corrected chi connectivity index (χ2v) is 7.48. The number of nitrogens with zero attached hydrogens (tertiary/aromatic N) is 1. The number of halogens is 1. The van der Waals surface area contributed by atoms with E-state index in [4.69, 9.17) is 4.74 Å². The van der Waals surface area contributed by atoms with E-state index in [-0.39, 0.29) is 11.7 Å². The van der Waals surface area contributed by atoms with Crippen molar-refractivity contribution < 1.29 is 13.9 Å². The van der Waals surface area contributed by atoms with E-state index in [9.17, 15) is 9.18 Å². The third-order valence-electron chi connectivity index (χ3n) is 5.59. The molecule has 5 heteroatoms. The summed E-state index contributed by atoms with van der Waals surface area (Å²) in [5.41, 5.74) is 3.08. The summed E-state index contributed by atoms with van der Waals surface area (Å²) in [7, 11) is 0. The van der Waals surface area contributed by atoms with E-state index in [0.29, 0.717) is 11.4 Å². The number of nitrogens with one attached hydrogen (secondary N) is 1. The van der Waals surface area contributed by atoms with Gasteiger partial charge in [0, 0.05) is 37.8 Å². The molecule has 2 aliphatic rings. The Bertz CT molecular complexity index is 848. The summed E-state index contributed by atoms with van der Waals surface area (Å²) in [6, 6.07) is 11.3. The van der Waals surface area contributed by atoms with Crippen LogP contribution in [0.25, 0.3) is 0 Å². The number of rotatable bonds is 4. The highest BCUT2D eigenvalue weighted by atomic mass is 19.1. The Morgan fingerprint density at radius 2 is 1.89 bits per heavy atom. The number of carbonyl (C=O) groups excluding carboxylic acids is 1. The Balaban J connectivity index is 1.46. The van der Waals surface area contributed by atoms with E-state index in [2.05, 4.69) is 16.3 Å². The van der Waals surface area contributed by atoms with Crippen molar-refractivity contribution in [1.29, 1.82) is 0 Å². The van der Waals surface area contributed by atoms with Crippen LogP contribution in [0, 0.1) is 5.82 Å². The van der Waals surface area contributed by atoms with Crippen LogP contribution >= 0.6 is 0 Å². The van der Waals surface area contributed by atoms with E-state index < -0.39 is 5.82 Å². The van der Waals surface area contributed by atoms with Crippen molar-refractivity contribution in [3.05, 3.63) is 53.3 Å². The molecule has 4 nitrogen and oxygen atoms in total. The number of anilines is 1. The van der Waals surface area contributed by atoms with E-state index in [0.717, 1.165) is 32.0 Å². The molecule has 27 heavy (non-hydrogen) atoms. The van der Waals surface area contributed by atoms with Gasteiger partial charge in [-0.15, -0.1) is 0 Å². The van der Waals surface area contributed by atoms with Crippen LogP contribution < -0.4 is 10.1 Å². The largest absolute Gasteiger partial charge is 0.454 e. The van der Waals surface area contributed by atoms with Crippen molar-refractivity contribution >= 4 is 11.6 Å². The molecule has 1 N–H and O–H groups in total. The maximum atomic E-state index is 14.3. The highest BCUT2D eigenvalue weighted by Gasteiger charge is 2.26. The Morgan fingerprint density at radius 1 is 1.11 bits per heavy atom. The molecule has 1 aliphatic carbocycles. The molecule has 2 aromatic carbocycles. The van der Waals surface area contributed by atoms with Crippen molar-refractivity contribution in [2.24, 2.45) is 0 Å². The molecule has 1 aliphatic heterocycles. The number of amides is 1. The van der Waals surface area contributed by atoms with E-state index in [1.165, 1.54) is 43.4 Å². The SMILES string of the molecule is CC(=O)Nc1ccc(Oc2ccc3c(c2)CCN(C2CCC2)CC3)c(F)c1. The van der Waals surface area contributed by atoms with Crippen molar-refractivity contribution in [1.82, 2.24) is 4.90 Å². The molecule has 0 saturated heterocycles. The topological polar surface area (TPSA) is 41.6 Å². The Kier molecular flexibility index (Phi) is 5.12. The highest BCUT2D eigenvalue weighted by Crippen LogP contribution is 2.31. The zero-order chi connectivity index (χ0) is 18.8. The smallest absolute Gasteiger partial charge is 0.221 e. The maximum absolute atomic E-state index is 14.3. The molecule has 1 heterocycles. The maximum Gasteiger partial charge on any atom is 0.221 e. The predicted octanol–water partition coefficient (Wildman–Crippen LogP) is 4.53. The average molecular weight is 368 g/mol. The van der Waals surface area contributed by atoms with Gasteiger partial charge in [0.25, 0.3) is 0 Å². The van der Waals surface area contributed by atoms with E-state index in [1.54, 1.807) is 12.1 Å². The highest BCUT2D eigenvalue weighted by molar-refractivity contribution is 5.88. The summed E-state index contributed by atoms with van der Waals surface area (Å²) in [4.78, 5) is 13.7. The molecule has 2 aromatic rings. The van der Waals surface area contributed by atoms with Crippen LogP contribution in [0.4, 0.5) is 10.1 Å². The first-order chi connectivity index (χ1) is 13.1. The second-order valence-electron chi connectivity index (χ2n) is 7.48. The van der Waals surface area contributed by atoms with Crippen LogP contribution in [0.2, 0.25) is 0 Å². The van der Waals surface area contributed by atoms with Gasteiger partial charge >= 0.3 is 0 Å². The Hall–Kier alpha value is -2.40. The zero-order valence-corrected chi connectivity index (χ0v) is 15.6. The fourth-order valence-corrected chi connectivity index (χ4v) is 3.89. The second kappa shape index (κ2) is 7.69. The van der Waals surface area contributed by atoms with E-state index >= 15 is 0 Å². The van der Waals surface area contributed by atoms with Gasteiger partial charge in [-0.3, -0.25) is 9.69 Å². The molecule has 142 valence electrons. The molecule has 1 saturated carbocycles. The van der Waals surface area contributed by atoms with Gasteiger partial charge in [-0.25, -0.2) is 4.39 Å². The number of benzene rings is 2. The molecule has 0 spiro atoms. The molecule has 0 bridgehead atoms. The first kappa shape index (κ1) is 18.0. The van der Waals surface area contributed by atoms with Crippen LogP contribution in [0.1, 0.15) is 37.3 Å². The van der Waals surface area contributed by atoms with Crippen LogP contribution in [-0.2, 0) is 17.6 Å². The van der Waals surface area contributed by atoms with Crippen LogP contribution in [0.3, 0.4) is 0 Å². The Morgan fingerprint density at radius 3 is 2.56 bits per heavy atom. The van der Waals surface area contributed by atoms with Crippen molar-refractivity contribution in [3.63, 3.8) is 0 Å². The summed E-state index contributed by atoms with van der Waals surface area (Å²) in [5.74, 6) is 0.0860. The lowest BCUT2D eigenvalue weighted by Gasteiger charge is -2.36. The fraction of sp³-hybridized carbons (Fsp3) is 0.409. The molecular weight excluding hydrogens is 343 g/mol. The number of fused-ring (bicyclic) bond motifs is 1. The number of ether oxygens (including phenoxy) is 1. The lowest BCUT2D eigenvalue weighted by molar-refractivity contribution is -0.114. The normalized spacial score (nSPS) is 17.6. The minimum Gasteiger partial charge on any atom is -0.454 e. The first-order valence-electron chi connectivity index (χ1n) is 9.69. The van der Waals surface area contributed by atoms with Gasteiger partial charge in [-0.05, 0) is 61.1 Å². The van der Waals surface area contributed by atoms with Gasteiger partial charge in [-0.1, -0.05) is 12.5 Å². The van der Waals surface area contributed by atoms with Crippen LogP contribution in [0.5, 0.6) is 11.5 Å². The molecule has 0 aromatic heterocycles. The van der Waals surface area contributed by atoms with Gasteiger partial charge < -0.3 is 10.1 Å². The third-order valence-corrected chi connectivity index (χ3v) is 5.59. The third kappa shape index (κ3) is 4.14. The molecule has 0 atom stereocenters. The van der Waals surface area contributed by atoms with E-state index in [1.807, 2.05) is 12.1 Å². The minimum atomic E-state index is -0.493. The van der Waals surface area contributed by atoms with Crippen LogP contribution in [0.15, 0.2) is 36.4 Å². The summed E-state index contributed by atoms with van der Waals surface area (Å²) in [5, 5.41) is 2.57. The molecular formula is C22H25FN2O2. The zero-order valence-electron chi connectivity index (χ0n) is 15.6. The van der Waals surface area contributed by atoms with Crippen molar-refractivity contribution in [3.8, 4) is 11.5 Å². The quantitative estimate of drug-likeness (QED) is 0.862. The fourth-order valence-electron chi connectivity index (χ4n) is 3.89. The lowest BCUT2D eigenvalue weighted by atomic mass is 9.91. The molecule has 0 radical (unpaired) electrons. The summed E-state index contributed by atoms with van der Waals surface area (Å²) < 4.78 is 20.1. The van der Waals surface area contributed by atoms with Crippen molar-refractivity contribution in [2.45, 2.75) is 45.1 Å². The minimum absolute atomic E-state index is 0.161. The predicted molar refractivity (Wildman–Crippen MR) is 104 cm³/mol. The van der Waals surface area contributed by atoms with Gasteiger partial charge in [0.2, 0.25) is 5.91 Å². The molecule has 0 unspecified atom stereocenters. The number of hydrogen-bond donors (Lipinski definition) is 1. The number of hydrogen-bond acceptors (Lipinski definition) is 3. The molecule has 1 amide bonds. The lowest BCUT2D eigenvalue weighted by Crippen LogP contribution is -2.41. The Labute approximate surface area is 159 Å². The van der Waals surface area contributed by atoms with Crippen LogP contribution in [-0.4, -0.2) is 29.9 Å². The first-order valence-corrected chi connectivity index (χ1v) is 9.69. The summed E-state index contributed by atoms with van der Waals surface area (Å²) in [6.45, 7) is 3.60. The molecule has 4 rings (SSSR count). The molecule has 1 fully saturated rings. The van der Waals surface area contributed by atoms with Gasteiger partial charge in [0.15, 0.2) is 11.6 Å². The van der Waals surface area contributed by atoms with Crippen molar-refractivity contribution in [2.75, 3.05) is 18.4 Å². The van der Waals surface area contributed by atoms with Gasteiger partial charge in [0.05, 0.1) is 0 Å². The summed E-state index contributed by atoms with van der Waals surface area (Å²) in [6.07, 6.45) is 6.09. The van der Waals surface area contributed by atoms with Gasteiger partial charge in [0.1, 0.15) is 5.75 Å². The monoisotopic (exact) mass is 368 g/mol. The van der Waals surface area contributed by atoms with Gasteiger partial charge in [-0.2, -0.15) is 0 Å².